The Bertz CT molecular complexity index is 707. The van der Waals surface area contributed by atoms with E-state index in [-0.39, 0.29) is 18.2 Å². The van der Waals surface area contributed by atoms with Gasteiger partial charge in [-0.05, 0) is 26.1 Å². The van der Waals surface area contributed by atoms with Crippen LogP contribution in [0.15, 0.2) is 48.9 Å². The SMILES string of the molecule is CN(C)CCNC(=O)CCN(CCc1ccccc1)C(=O)c1cnccn1. The van der Waals surface area contributed by atoms with Crippen molar-refractivity contribution < 1.29 is 9.59 Å². The molecular formula is C20H27N5O2. The van der Waals surface area contributed by atoms with E-state index in [4.69, 9.17) is 0 Å². The summed E-state index contributed by atoms with van der Waals surface area (Å²) in [6.45, 7) is 2.23. The molecule has 7 heteroatoms. The van der Waals surface area contributed by atoms with E-state index in [2.05, 4.69) is 15.3 Å². The van der Waals surface area contributed by atoms with Crippen LogP contribution in [0.5, 0.6) is 0 Å². The molecular weight excluding hydrogens is 342 g/mol. The average molecular weight is 369 g/mol. The largest absolute Gasteiger partial charge is 0.355 e. The van der Waals surface area contributed by atoms with Crippen LogP contribution in [-0.4, -0.2) is 71.9 Å². The zero-order valence-corrected chi connectivity index (χ0v) is 16.0. The van der Waals surface area contributed by atoms with Gasteiger partial charge in [0, 0.05) is 45.0 Å². The van der Waals surface area contributed by atoms with E-state index in [9.17, 15) is 9.59 Å². The van der Waals surface area contributed by atoms with Crippen LogP contribution in [0.2, 0.25) is 0 Å². The number of carbonyl (C=O) groups excluding carboxylic acids is 2. The maximum atomic E-state index is 12.8. The van der Waals surface area contributed by atoms with E-state index < -0.39 is 0 Å². The van der Waals surface area contributed by atoms with E-state index >= 15 is 0 Å². The molecule has 1 aromatic heterocycles. The van der Waals surface area contributed by atoms with Crippen molar-refractivity contribution in [1.82, 2.24) is 25.1 Å². The first-order valence-corrected chi connectivity index (χ1v) is 9.07. The van der Waals surface area contributed by atoms with Gasteiger partial charge in [-0.15, -0.1) is 0 Å². The molecule has 0 aliphatic heterocycles. The van der Waals surface area contributed by atoms with Crippen molar-refractivity contribution in [2.24, 2.45) is 0 Å². The molecule has 0 aliphatic rings. The molecule has 7 nitrogen and oxygen atoms in total. The Morgan fingerprint density at radius 1 is 1.04 bits per heavy atom. The molecule has 1 N–H and O–H groups in total. The number of hydrogen-bond donors (Lipinski definition) is 1. The Kier molecular flexibility index (Phi) is 8.38. The average Bonchev–Trinajstić information content (AvgIpc) is 2.68. The minimum Gasteiger partial charge on any atom is -0.355 e. The molecule has 0 fully saturated rings. The number of hydrogen-bond acceptors (Lipinski definition) is 5. The van der Waals surface area contributed by atoms with E-state index in [1.54, 1.807) is 4.90 Å². The predicted octanol–water partition coefficient (Wildman–Crippen LogP) is 1.23. The first-order valence-electron chi connectivity index (χ1n) is 9.07. The van der Waals surface area contributed by atoms with Crippen LogP contribution in [0, 0.1) is 0 Å². The lowest BCUT2D eigenvalue weighted by Crippen LogP contribution is -2.38. The molecule has 144 valence electrons. The third-order valence-corrected chi connectivity index (χ3v) is 4.07. The molecule has 0 atom stereocenters. The standard InChI is InChI=1S/C20H27N5O2/c1-24(2)15-12-23-19(26)9-14-25(13-8-17-6-4-3-5-7-17)20(27)18-16-21-10-11-22-18/h3-7,10-11,16H,8-9,12-15H2,1-2H3,(H,23,26). The summed E-state index contributed by atoms with van der Waals surface area (Å²) in [5.74, 6) is -0.270. The summed E-state index contributed by atoms with van der Waals surface area (Å²) in [6, 6.07) is 9.96. The molecule has 0 bridgehead atoms. The van der Waals surface area contributed by atoms with Crippen molar-refractivity contribution >= 4 is 11.8 Å². The normalized spacial score (nSPS) is 10.6. The second-order valence-electron chi connectivity index (χ2n) is 6.52. The lowest BCUT2D eigenvalue weighted by atomic mass is 10.1. The summed E-state index contributed by atoms with van der Waals surface area (Å²) >= 11 is 0. The second kappa shape index (κ2) is 11.0. The Morgan fingerprint density at radius 3 is 2.48 bits per heavy atom. The van der Waals surface area contributed by atoms with Crippen LogP contribution < -0.4 is 5.32 Å². The molecule has 0 aliphatic carbocycles. The summed E-state index contributed by atoms with van der Waals surface area (Å²) in [6.07, 6.45) is 5.46. The number of carbonyl (C=O) groups is 2. The highest BCUT2D eigenvalue weighted by Crippen LogP contribution is 2.06. The van der Waals surface area contributed by atoms with E-state index in [1.807, 2.05) is 49.3 Å². The fourth-order valence-electron chi connectivity index (χ4n) is 2.54. The summed E-state index contributed by atoms with van der Waals surface area (Å²) in [5.41, 5.74) is 1.43. The minimum atomic E-state index is -0.208. The molecule has 2 rings (SSSR count). The van der Waals surface area contributed by atoms with Crippen molar-refractivity contribution in [1.29, 1.82) is 0 Å². The van der Waals surface area contributed by atoms with Gasteiger partial charge in [-0.25, -0.2) is 4.98 Å². The fraction of sp³-hybridized carbons (Fsp3) is 0.400. The quantitative estimate of drug-likeness (QED) is 0.681. The molecule has 1 heterocycles. The monoisotopic (exact) mass is 369 g/mol. The van der Waals surface area contributed by atoms with Crippen LogP contribution in [0.1, 0.15) is 22.5 Å². The molecule has 2 amide bonds. The Labute approximate surface area is 160 Å². The number of nitrogens with zero attached hydrogens (tertiary/aromatic N) is 4. The molecule has 0 saturated heterocycles. The fourth-order valence-corrected chi connectivity index (χ4v) is 2.54. The van der Waals surface area contributed by atoms with Crippen LogP contribution in [-0.2, 0) is 11.2 Å². The molecule has 0 saturated carbocycles. The first-order chi connectivity index (χ1) is 13.1. The van der Waals surface area contributed by atoms with Crippen LogP contribution >= 0.6 is 0 Å². The highest BCUT2D eigenvalue weighted by molar-refractivity contribution is 5.92. The highest BCUT2D eigenvalue weighted by atomic mass is 16.2. The van der Waals surface area contributed by atoms with Gasteiger partial charge in [-0.2, -0.15) is 0 Å². The smallest absolute Gasteiger partial charge is 0.274 e. The predicted molar refractivity (Wildman–Crippen MR) is 104 cm³/mol. The van der Waals surface area contributed by atoms with E-state index in [1.165, 1.54) is 18.6 Å². The van der Waals surface area contributed by atoms with E-state index in [0.717, 1.165) is 18.5 Å². The number of likely N-dealkylation sites (N-methyl/N-ethyl adjacent to an activating group) is 1. The van der Waals surface area contributed by atoms with Gasteiger partial charge in [0.05, 0.1) is 6.20 Å². The van der Waals surface area contributed by atoms with Crippen molar-refractivity contribution in [3.63, 3.8) is 0 Å². The Balaban J connectivity index is 1.94. The Hall–Kier alpha value is -2.80. The number of aromatic nitrogens is 2. The second-order valence-corrected chi connectivity index (χ2v) is 6.52. The minimum absolute atomic E-state index is 0.0616. The summed E-state index contributed by atoms with van der Waals surface area (Å²) in [5, 5.41) is 2.88. The first kappa shape index (κ1) is 20.5. The zero-order valence-electron chi connectivity index (χ0n) is 16.0. The maximum Gasteiger partial charge on any atom is 0.274 e. The molecule has 0 unspecified atom stereocenters. The Morgan fingerprint density at radius 2 is 1.81 bits per heavy atom. The zero-order chi connectivity index (χ0) is 19.5. The topological polar surface area (TPSA) is 78.4 Å². The van der Waals surface area contributed by atoms with Gasteiger partial charge < -0.3 is 15.1 Å². The number of benzene rings is 1. The number of amides is 2. The van der Waals surface area contributed by atoms with Crippen molar-refractivity contribution in [2.75, 3.05) is 40.3 Å². The third-order valence-electron chi connectivity index (χ3n) is 4.07. The van der Waals surface area contributed by atoms with Gasteiger partial charge >= 0.3 is 0 Å². The molecule has 27 heavy (non-hydrogen) atoms. The van der Waals surface area contributed by atoms with Gasteiger partial charge in [0.25, 0.3) is 5.91 Å². The molecule has 0 spiro atoms. The van der Waals surface area contributed by atoms with Crippen LogP contribution in [0.3, 0.4) is 0 Å². The summed E-state index contributed by atoms with van der Waals surface area (Å²) in [4.78, 5) is 36.6. The number of rotatable bonds is 10. The van der Waals surface area contributed by atoms with Gasteiger partial charge in [0.15, 0.2) is 0 Å². The van der Waals surface area contributed by atoms with Gasteiger partial charge in [-0.3, -0.25) is 14.6 Å². The summed E-state index contributed by atoms with van der Waals surface area (Å²) < 4.78 is 0. The summed E-state index contributed by atoms with van der Waals surface area (Å²) in [7, 11) is 3.91. The lowest BCUT2D eigenvalue weighted by Gasteiger charge is -2.22. The van der Waals surface area contributed by atoms with Crippen molar-refractivity contribution in [2.45, 2.75) is 12.8 Å². The van der Waals surface area contributed by atoms with Gasteiger partial charge in [0.2, 0.25) is 5.91 Å². The van der Waals surface area contributed by atoms with Gasteiger partial charge in [0.1, 0.15) is 5.69 Å². The molecule has 2 aromatic rings. The highest BCUT2D eigenvalue weighted by Gasteiger charge is 2.18. The maximum absolute atomic E-state index is 12.8. The third kappa shape index (κ3) is 7.53. The van der Waals surface area contributed by atoms with Crippen LogP contribution in [0.25, 0.3) is 0 Å². The van der Waals surface area contributed by atoms with Crippen LogP contribution in [0.4, 0.5) is 0 Å². The van der Waals surface area contributed by atoms with Crippen molar-refractivity contribution in [3.8, 4) is 0 Å². The van der Waals surface area contributed by atoms with E-state index in [0.29, 0.717) is 25.3 Å². The van der Waals surface area contributed by atoms with Gasteiger partial charge in [-0.1, -0.05) is 30.3 Å². The van der Waals surface area contributed by atoms with Crippen molar-refractivity contribution in [3.05, 3.63) is 60.2 Å². The molecule has 0 radical (unpaired) electrons. The molecule has 1 aromatic carbocycles. The number of nitrogens with one attached hydrogen (secondary N) is 1. The lowest BCUT2D eigenvalue weighted by molar-refractivity contribution is -0.121.